The molecule has 0 spiro atoms. The molecule has 0 saturated heterocycles. The van der Waals surface area contributed by atoms with Gasteiger partial charge < -0.3 is 5.32 Å². The maximum Gasteiger partial charge on any atom is 0.225 e. The summed E-state index contributed by atoms with van der Waals surface area (Å²) in [6, 6.07) is 16.4. The lowest BCUT2D eigenvalue weighted by molar-refractivity contribution is -0.120. The summed E-state index contributed by atoms with van der Waals surface area (Å²) in [5.41, 5.74) is 0.718. The van der Waals surface area contributed by atoms with E-state index in [4.69, 9.17) is 34.8 Å². The molecule has 0 heterocycles. The molecule has 0 aliphatic carbocycles. The van der Waals surface area contributed by atoms with Crippen molar-refractivity contribution in [1.82, 2.24) is 5.32 Å². The summed E-state index contributed by atoms with van der Waals surface area (Å²) in [6.45, 7) is 0. The molecule has 2 aromatic carbocycles. The quantitative estimate of drug-likeness (QED) is 0.773. The number of nitrogens with one attached hydrogen (secondary N) is 1. The van der Waals surface area contributed by atoms with Gasteiger partial charge >= 0.3 is 0 Å². The van der Waals surface area contributed by atoms with Crippen molar-refractivity contribution in [3.05, 3.63) is 66.2 Å². The van der Waals surface area contributed by atoms with Crippen molar-refractivity contribution in [2.75, 3.05) is 0 Å². The maximum atomic E-state index is 12.7. The zero-order chi connectivity index (χ0) is 17.8. The molecule has 4 nitrogen and oxygen atoms in total. The van der Waals surface area contributed by atoms with Gasteiger partial charge in [0.1, 0.15) is 0 Å². The van der Waals surface area contributed by atoms with Crippen LogP contribution < -0.4 is 5.32 Å². The van der Waals surface area contributed by atoms with Gasteiger partial charge in [-0.1, -0.05) is 83.3 Å². The maximum absolute atomic E-state index is 12.7. The molecule has 8 heteroatoms. The molecule has 0 unspecified atom stereocenters. The predicted molar refractivity (Wildman–Crippen MR) is 96.0 cm³/mol. The fourth-order valence-corrected chi connectivity index (χ4v) is 4.73. The Balaban J connectivity index is 2.25. The van der Waals surface area contributed by atoms with Crippen LogP contribution in [0, 0.1) is 0 Å². The lowest BCUT2D eigenvalue weighted by Gasteiger charge is -2.25. The summed E-state index contributed by atoms with van der Waals surface area (Å²) in [5.74, 6) is -0.558. The first kappa shape index (κ1) is 19.1. The third-order valence-electron chi connectivity index (χ3n) is 3.18. The summed E-state index contributed by atoms with van der Waals surface area (Å²) < 4.78 is 23.2. The Labute approximate surface area is 155 Å². The molecule has 0 aliphatic heterocycles. The number of halogens is 3. The summed E-state index contributed by atoms with van der Waals surface area (Å²) in [4.78, 5) is 12.2. The summed E-state index contributed by atoms with van der Waals surface area (Å²) >= 11 is 17.5. The van der Waals surface area contributed by atoms with Crippen molar-refractivity contribution in [2.24, 2.45) is 0 Å². The van der Waals surface area contributed by atoms with E-state index in [9.17, 15) is 13.2 Å². The van der Waals surface area contributed by atoms with E-state index in [2.05, 4.69) is 5.32 Å². The van der Waals surface area contributed by atoms with Crippen LogP contribution in [0.1, 0.15) is 5.56 Å². The van der Waals surface area contributed by atoms with E-state index in [0.29, 0.717) is 0 Å². The molecule has 2 aromatic rings. The predicted octanol–water partition coefficient (Wildman–Crippen LogP) is 3.52. The van der Waals surface area contributed by atoms with Gasteiger partial charge in [0.25, 0.3) is 0 Å². The van der Waals surface area contributed by atoms with Gasteiger partial charge in [-0.15, -0.1) is 0 Å². The van der Waals surface area contributed by atoms with Gasteiger partial charge in [-0.25, -0.2) is 8.42 Å². The molecule has 128 valence electrons. The normalized spacial score (nSPS) is 13.3. The molecule has 0 saturated carbocycles. The standard InChI is InChI=1S/C16H14Cl3NO3S/c17-16(18,19)15(24(22,23)13-9-5-2-6-10-13)20-14(21)11-12-7-3-1-4-8-12/h1-10,15H,11H2,(H,20,21)/t15-/m0/s1. The highest BCUT2D eigenvalue weighted by Crippen LogP contribution is 2.35. The summed E-state index contributed by atoms with van der Waals surface area (Å²) in [7, 11) is -4.07. The topological polar surface area (TPSA) is 63.2 Å². The Hall–Kier alpha value is -1.27. The fourth-order valence-electron chi connectivity index (χ4n) is 2.06. The van der Waals surface area contributed by atoms with Crippen LogP contribution in [0.2, 0.25) is 0 Å². The van der Waals surface area contributed by atoms with Gasteiger partial charge in [-0.3, -0.25) is 4.79 Å². The van der Waals surface area contributed by atoms with Crippen LogP contribution in [0.25, 0.3) is 0 Å². The summed E-state index contributed by atoms with van der Waals surface area (Å²) in [5, 5.41) is 0.621. The minimum atomic E-state index is -4.07. The van der Waals surface area contributed by atoms with Crippen LogP contribution >= 0.6 is 34.8 Å². The highest BCUT2D eigenvalue weighted by molar-refractivity contribution is 7.92. The Morgan fingerprint density at radius 2 is 1.46 bits per heavy atom. The first-order valence-electron chi connectivity index (χ1n) is 6.90. The molecular formula is C16H14Cl3NO3S. The van der Waals surface area contributed by atoms with Crippen LogP contribution in [0.4, 0.5) is 0 Å². The van der Waals surface area contributed by atoms with Crippen molar-refractivity contribution in [3.8, 4) is 0 Å². The minimum Gasteiger partial charge on any atom is -0.335 e. The average molecular weight is 407 g/mol. The number of hydrogen-bond donors (Lipinski definition) is 1. The first-order chi connectivity index (χ1) is 11.2. The van der Waals surface area contributed by atoms with Crippen LogP contribution in [0.15, 0.2) is 65.6 Å². The van der Waals surface area contributed by atoms with E-state index in [-0.39, 0.29) is 11.3 Å². The van der Waals surface area contributed by atoms with E-state index in [1.807, 2.05) is 6.07 Å². The zero-order valence-corrected chi connectivity index (χ0v) is 15.4. The third kappa shape index (κ3) is 4.86. The number of hydrogen-bond acceptors (Lipinski definition) is 3. The Morgan fingerprint density at radius 3 is 1.96 bits per heavy atom. The minimum absolute atomic E-state index is 0.0254. The average Bonchev–Trinajstić information content (AvgIpc) is 2.53. The van der Waals surface area contributed by atoms with Crippen molar-refractivity contribution in [2.45, 2.75) is 20.5 Å². The number of carbonyl (C=O) groups is 1. The van der Waals surface area contributed by atoms with Crippen LogP contribution in [-0.2, 0) is 21.1 Å². The van der Waals surface area contributed by atoms with Crippen molar-refractivity contribution in [1.29, 1.82) is 0 Å². The zero-order valence-electron chi connectivity index (χ0n) is 12.3. The number of benzene rings is 2. The third-order valence-corrected chi connectivity index (χ3v) is 6.24. The monoisotopic (exact) mass is 405 g/mol. The number of carbonyl (C=O) groups excluding carboxylic acids is 1. The molecule has 0 aliphatic rings. The first-order valence-corrected chi connectivity index (χ1v) is 9.58. The smallest absolute Gasteiger partial charge is 0.225 e. The van der Waals surface area contributed by atoms with E-state index < -0.39 is 24.9 Å². The molecule has 2 rings (SSSR count). The molecule has 0 bridgehead atoms. The van der Waals surface area contributed by atoms with Crippen LogP contribution in [0.3, 0.4) is 0 Å². The Kier molecular flexibility index (Phi) is 6.15. The van der Waals surface area contributed by atoms with E-state index in [1.165, 1.54) is 12.1 Å². The Morgan fingerprint density at radius 1 is 0.958 bits per heavy atom. The highest BCUT2D eigenvalue weighted by Gasteiger charge is 2.44. The second-order valence-corrected chi connectivity index (χ2v) is 9.41. The molecule has 1 atom stereocenters. The van der Waals surface area contributed by atoms with Crippen LogP contribution in [0.5, 0.6) is 0 Å². The van der Waals surface area contributed by atoms with Gasteiger partial charge in [0.15, 0.2) is 5.37 Å². The van der Waals surface area contributed by atoms with Crippen molar-refractivity contribution >= 4 is 50.5 Å². The molecule has 0 fully saturated rings. The second-order valence-electron chi connectivity index (χ2n) is 5.01. The highest BCUT2D eigenvalue weighted by atomic mass is 35.6. The Bertz CT molecular complexity index is 790. The lowest BCUT2D eigenvalue weighted by atomic mass is 10.1. The van der Waals surface area contributed by atoms with E-state index in [0.717, 1.165) is 5.56 Å². The van der Waals surface area contributed by atoms with Gasteiger partial charge in [0.05, 0.1) is 11.3 Å². The summed E-state index contributed by atoms with van der Waals surface area (Å²) in [6.07, 6.45) is -0.0254. The lowest BCUT2D eigenvalue weighted by Crippen LogP contribution is -2.49. The SMILES string of the molecule is O=C(Cc1ccccc1)N[C@H](C(Cl)(Cl)Cl)S(=O)(=O)c1ccccc1. The number of sulfone groups is 1. The largest absolute Gasteiger partial charge is 0.335 e. The van der Waals surface area contributed by atoms with E-state index in [1.54, 1.807) is 42.5 Å². The molecule has 1 amide bonds. The van der Waals surface area contributed by atoms with Gasteiger partial charge in [0, 0.05) is 0 Å². The molecule has 24 heavy (non-hydrogen) atoms. The van der Waals surface area contributed by atoms with Crippen molar-refractivity contribution < 1.29 is 13.2 Å². The van der Waals surface area contributed by atoms with Crippen LogP contribution in [-0.4, -0.2) is 23.5 Å². The van der Waals surface area contributed by atoms with Crippen molar-refractivity contribution in [3.63, 3.8) is 0 Å². The molecule has 0 aromatic heterocycles. The molecule has 1 N–H and O–H groups in total. The molecule has 0 radical (unpaired) electrons. The molecular weight excluding hydrogens is 393 g/mol. The van der Waals surface area contributed by atoms with Gasteiger partial charge in [-0.2, -0.15) is 0 Å². The second kappa shape index (κ2) is 7.74. The number of amides is 1. The number of rotatable bonds is 5. The van der Waals surface area contributed by atoms with Gasteiger partial charge in [0.2, 0.25) is 19.5 Å². The van der Waals surface area contributed by atoms with E-state index >= 15 is 0 Å². The fraction of sp³-hybridized carbons (Fsp3) is 0.188. The van der Waals surface area contributed by atoms with Gasteiger partial charge in [-0.05, 0) is 17.7 Å². The number of alkyl halides is 3.